The molecule has 0 atom stereocenters. The first-order valence-electron chi connectivity index (χ1n) is 9.01. The van der Waals surface area contributed by atoms with Gasteiger partial charge in [-0.25, -0.2) is 0 Å². The van der Waals surface area contributed by atoms with Gasteiger partial charge in [-0.15, -0.1) is 0 Å². The van der Waals surface area contributed by atoms with Crippen LogP contribution in [0, 0.1) is 6.92 Å². The molecule has 0 spiro atoms. The Balaban J connectivity index is 1.67. The van der Waals surface area contributed by atoms with Crippen LogP contribution in [0.4, 0.5) is 24.5 Å². The average molecular weight is 414 g/mol. The molecule has 1 amide bonds. The molecule has 10 heteroatoms. The van der Waals surface area contributed by atoms with E-state index in [1.54, 1.807) is 31.6 Å². The van der Waals surface area contributed by atoms with Crippen molar-refractivity contribution in [1.29, 1.82) is 0 Å². The number of nitrogens with zero attached hydrogens (tertiary/aromatic N) is 4. The number of hydrogen-bond donors (Lipinski definition) is 2. The number of carbonyl (C=O) groups is 1. The number of pyridine rings is 2. The molecule has 3 aromatic heterocycles. The molecule has 0 saturated heterocycles. The number of fused-ring (bicyclic) bond motifs is 1. The summed E-state index contributed by atoms with van der Waals surface area (Å²) < 4.78 is 38.4. The normalized spacial score (nSPS) is 15.0. The fourth-order valence-corrected chi connectivity index (χ4v) is 3.30. The van der Waals surface area contributed by atoms with Gasteiger partial charge in [-0.1, -0.05) is 0 Å². The van der Waals surface area contributed by atoms with Crippen LogP contribution < -0.4 is 10.6 Å². The van der Waals surface area contributed by atoms with Crippen molar-refractivity contribution in [1.82, 2.24) is 19.7 Å². The van der Waals surface area contributed by atoms with Crippen molar-refractivity contribution < 1.29 is 18.0 Å². The predicted octanol–water partition coefficient (Wildman–Crippen LogP) is 4.01. The first-order chi connectivity index (χ1) is 14.2. The first kappa shape index (κ1) is 19.6. The monoisotopic (exact) mass is 414 g/mol. The van der Waals surface area contributed by atoms with Crippen LogP contribution in [0.15, 0.2) is 48.8 Å². The van der Waals surface area contributed by atoms with Gasteiger partial charge >= 0.3 is 6.18 Å². The van der Waals surface area contributed by atoms with Crippen LogP contribution in [0.3, 0.4) is 0 Å². The third kappa shape index (κ3) is 3.88. The van der Waals surface area contributed by atoms with Crippen LogP contribution in [-0.4, -0.2) is 31.8 Å². The molecule has 7 nitrogen and oxygen atoms in total. The number of alkyl halides is 3. The summed E-state index contributed by atoms with van der Waals surface area (Å²) in [7, 11) is 0. The van der Waals surface area contributed by atoms with Crippen LogP contribution in [0.1, 0.15) is 18.1 Å². The number of anilines is 2. The largest absolute Gasteiger partial charge is 0.408 e. The van der Waals surface area contributed by atoms with E-state index in [1.165, 1.54) is 12.4 Å². The zero-order valence-electron chi connectivity index (χ0n) is 16.1. The Kier molecular flexibility index (Phi) is 4.76. The van der Waals surface area contributed by atoms with Gasteiger partial charge in [-0.3, -0.25) is 19.4 Å². The van der Waals surface area contributed by atoms with Gasteiger partial charge in [-0.2, -0.15) is 18.3 Å². The van der Waals surface area contributed by atoms with Crippen molar-refractivity contribution in [2.75, 3.05) is 10.6 Å². The van der Waals surface area contributed by atoms with Gasteiger partial charge in [0.15, 0.2) is 0 Å². The Hall–Kier alpha value is -3.69. The molecule has 0 aromatic carbocycles. The van der Waals surface area contributed by atoms with Crippen LogP contribution in [0.5, 0.6) is 0 Å². The molecule has 0 bridgehead atoms. The van der Waals surface area contributed by atoms with E-state index in [0.717, 1.165) is 15.8 Å². The maximum Gasteiger partial charge on any atom is 0.408 e. The summed E-state index contributed by atoms with van der Waals surface area (Å²) in [5.41, 5.74) is 4.94. The fourth-order valence-electron chi connectivity index (χ4n) is 3.30. The predicted molar refractivity (Wildman–Crippen MR) is 105 cm³/mol. The van der Waals surface area contributed by atoms with Crippen molar-refractivity contribution in [3.8, 4) is 11.3 Å². The summed E-state index contributed by atoms with van der Waals surface area (Å²) in [4.78, 5) is 21.1. The molecular formula is C20H17F3N6O. The molecule has 0 fully saturated rings. The maximum absolute atomic E-state index is 12.6. The van der Waals surface area contributed by atoms with Gasteiger partial charge in [0.2, 0.25) is 0 Å². The Bertz CT molecular complexity index is 1170. The van der Waals surface area contributed by atoms with Crippen molar-refractivity contribution in [3.05, 3.63) is 59.9 Å². The van der Waals surface area contributed by atoms with E-state index in [9.17, 15) is 18.0 Å². The van der Waals surface area contributed by atoms with Crippen LogP contribution in [0.25, 0.3) is 16.8 Å². The minimum Gasteiger partial charge on any atom is -0.356 e. The standard InChI is InChI=1S/C20H17F3N6O/c1-11-3-4-24-7-15(11)16-5-14-17(8-25-16)28-19(30)18(14)12(2)27-13-6-26-29(9-13)10-20(21,22)23/h3-9,27H,10H2,1-2H3,(H,28,30)/b18-12-. The molecule has 1 aliphatic rings. The number of hydrogen-bond acceptors (Lipinski definition) is 5. The van der Waals surface area contributed by atoms with Gasteiger partial charge in [0, 0.05) is 35.4 Å². The van der Waals surface area contributed by atoms with E-state index in [2.05, 4.69) is 25.7 Å². The minimum atomic E-state index is -4.37. The van der Waals surface area contributed by atoms with Gasteiger partial charge in [0.1, 0.15) is 6.54 Å². The summed E-state index contributed by atoms with van der Waals surface area (Å²) in [6.45, 7) is 2.44. The number of aryl methyl sites for hydroxylation is 1. The third-order valence-corrected chi connectivity index (χ3v) is 4.64. The van der Waals surface area contributed by atoms with E-state index < -0.39 is 12.7 Å². The molecule has 4 rings (SSSR count). The second kappa shape index (κ2) is 7.29. The lowest BCUT2D eigenvalue weighted by Gasteiger charge is -2.09. The van der Waals surface area contributed by atoms with Crippen molar-refractivity contribution in [2.24, 2.45) is 0 Å². The number of nitrogens with one attached hydrogen (secondary N) is 2. The maximum atomic E-state index is 12.6. The van der Waals surface area contributed by atoms with Crippen molar-refractivity contribution in [3.63, 3.8) is 0 Å². The smallest absolute Gasteiger partial charge is 0.356 e. The second-order valence-corrected chi connectivity index (χ2v) is 6.93. The van der Waals surface area contributed by atoms with Crippen LogP contribution in [0.2, 0.25) is 0 Å². The van der Waals surface area contributed by atoms with Crippen LogP contribution >= 0.6 is 0 Å². The lowest BCUT2D eigenvalue weighted by atomic mass is 10.0. The highest BCUT2D eigenvalue weighted by Gasteiger charge is 2.29. The Morgan fingerprint density at radius 2 is 2.03 bits per heavy atom. The van der Waals surface area contributed by atoms with Crippen molar-refractivity contribution >= 4 is 22.9 Å². The molecular weight excluding hydrogens is 397 g/mol. The quantitative estimate of drug-likeness (QED) is 0.631. The fraction of sp³-hybridized carbons (Fsp3) is 0.200. The molecule has 0 aliphatic carbocycles. The van der Waals surface area contributed by atoms with Gasteiger partial charge < -0.3 is 10.6 Å². The van der Waals surface area contributed by atoms with Gasteiger partial charge in [-0.05, 0) is 31.5 Å². The van der Waals surface area contributed by atoms with Gasteiger partial charge in [0.25, 0.3) is 5.91 Å². The molecule has 0 saturated carbocycles. The Morgan fingerprint density at radius 1 is 1.23 bits per heavy atom. The highest BCUT2D eigenvalue weighted by atomic mass is 19.4. The van der Waals surface area contributed by atoms with E-state index in [-0.39, 0.29) is 5.91 Å². The SMILES string of the molecule is C/C(Nc1cnn(CC(F)(F)F)c1)=C1/C(=O)Nc2cnc(-c3cnccc3C)cc21. The molecule has 2 N–H and O–H groups in total. The van der Waals surface area contributed by atoms with Crippen molar-refractivity contribution in [2.45, 2.75) is 26.6 Å². The highest BCUT2D eigenvalue weighted by molar-refractivity contribution is 6.32. The Morgan fingerprint density at radius 3 is 2.77 bits per heavy atom. The summed E-state index contributed by atoms with van der Waals surface area (Å²) in [6.07, 6.45) is 3.13. The van der Waals surface area contributed by atoms with Gasteiger partial charge in [0.05, 0.1) is 35.0 Å². The Labute approximate surface area is 169 Å². The lowest BCUT2D eigenvalue weighted by molar-refractivity contribution is -0.142. The van der Waals surface area contributed by atoms with E-state index in [0.29, 0.717) is 33.9 Å². The molecule has 30 heavy (non-hydrogen) atoms. The zero-order valence-corrected chi connectivity index (χ0v) is 16.1. The molecule has 3 aromatic rings. The first-order valence-corrected chi connectivity index (χ1v) is 9.01. The average Bonchev–Trinajstić information content (AvgIpc) is 3.22. The number of aromatic nitrogens is 4. The minimum absolute atomic E-state index is 0.320. The molecule has 154 valence electrons. The molecule has 1 aliphatic heterocycles. The lowest BCUT2D eigenvalue weighted by Crippen LogP contribution is -2.17. The van der Waals surface area contributed by atoms with E-state index in [4.69, 9.17) is 0 Å². The summed E-state index contributed by atoms with van der Waals surface area (Å²) in [5, 5.41) is 9.43. The summed E-state index contributed by atoms with van der Waals surface area (Å²) in [6, 6.07) is 3.67. The van der Waals surface area contributed by atoms with E-state index in [1.807, 2.05) is 13.0 Å². The van der Waals surface area contributed by atoms with Crippen LogP contribution in [-0.2, 0) is 11.3 Å². The molecule has 0 unspecified atom stereocenters. The third-order valence-electron chi connectivity index (χ3n) is 4.64. The summed E-state index contributed by atoms with van der Waals surface area (Å²) >= 11 is 0. The number of halogens is 3. The van der Waals surface area contributed by atoms with E-state index >= 15 is 0 Å². The summed E-state index contributed by atoms with van der Waals surface area (Å²) in [5.74, 6) is -0.320. The topological polar surface area (TPSA) is 84.7 Å². The molecule has 0 radical (unpaired) electrons. The zero-order chi connectivity index (χ0) is 21.5. The second-order valence-electron chi connectivity index (χ2n) is 6.93. The molecule has 4 heterocycles. The number of allylic oxidation sites excluding steroid dienone is 1. The number of rotatable bonds is 4. The highest BCUT2D eigenvalue weighted by Crippen LogP contribution is 2.36. The number of carbonyl (C=O) groups excluding carboxylic acids is 1. The number of amides is 1.